The molecule has 0 aromatic heterocycles. The van der Waals surface area contributed by atoms with Gasteiger partial charge in [0.1, 0.15) is 0 Å². The van der Waals surface area contributed by atoms with Gasteiger partial charge in [-0.25, -0.2) is 0 Å². The van der Waals surface area contributed by atoms with Crippen molar-refractivity contribution in [1.29, 1.82) is 0 Å². The van der Waals surface area contributed by atoms with E-state index in [1.54, 1.807) is 24.3 Å². The Kier molecular flexibility index (Phi) is 7.18. The van der Waals surface area contributed by atoms with Crippen molar-refractivity contribution < 1.29 is 23.9 Å². The number of carbonyl (C=O) groups excluding carboxylic acids is 4. The highest BCUT2D eigenvalue weighted by Gasteiger charge is 2.34. The maximum atomic E-state index is 12.3. The summed E-state index contributed by atoms with van der Waals surface area (Å²) in [6.45, 7) is 3.77. The van der Waals surface area contributed by atoms with Gasteiger partial charge >= 0.3 is 5.97 Å². The number of nitrogens with one attached hydrogen (secondary N) is 1. The van der Waals surface area contributed by atoms with Crippen molar-refractivity contribution in [2.45, 2.75) is 39.5 Å². The average molecular weight is 422 g/mol. The molecule has 3 rings (SSSR count). The zero-order valence-corrected chi connectivity index (χ0v) is 17.8. The molecule has 0 atom stereocenters. The van der Waals surface area contributed by atoms with Crippen LogP contribution in [-0.2, 0) is 27.2 Å². The maximum Gasteiger partial charge on any atom is 0.306 e. The summed E-state index contributed by atoms with van der Waals surface area (Å²) >= 11 is 0. The highest BCUT2D eigenvalue weighted by Crippen LogP contribution is 2.23. The van der Waals surface area contributed by atoms with Crippen LogP contribution in [0.2, 0.25) is 0 Å². The highest BCUT2D eigenvalue weighted by molar-refractivity contribution is 6.21. The Labute approximate surface area is 181 Å². The zero-order valence-electron chi connectivity index (χ0n) is 17.8. The SMILES string of the molecule is CCc1cccc(CC)c1NC(=O)COC(=O)CCCN1C(=O)c2ccccc2C1=O. The molecule has 1 heterocycles. The van der Waals surface area contributed by atoms with E-state index < -0.39 is 11.9 Å². The van der Waals surface area contributed by atoms with E-state index in [0.717, 1.165) is 34.6 Å². The Balaban J connectivity index is 1.45. The number of para-hydroxylation sites is 1. The Morgan fingerprint density at radius 3 is 2.03 bits per heavy atom. The van der Waals surface area contributed by atoms with Crippen LogP contribution in [-0.4, -0.2) is 41.7 Å². The van der Waals surface area contributed by atoms with Gasteiger partial charge in [0.05, 0.1) is 11.1 Å². The van der Waals surface area contributed by atoms with Gasteiger partial charge in [-0.05, 0) is 42.5 Å². The predicted molar refractivity (Wildman–Crippen MR) is 116 cm³/mol. The molecule has 0 saturated carbocycles. The largest absolute Gasteiger partial charge is 0.456 e. The van der Waals surface area contributed by atoms with Crippen LogP contribution in [0.15, 0.2) is 42.5 Å². The fourth-order valence-corrected chi connectivity index (χ4v) is 3.62. The molecule has 31 heavy (non-hydrogen) atoms. The number of esters is 1. The minimum Gasteiger partial charge on any atom is -0.456 e. The first kappa shape index (κ1) is 22.2. The van der Waals surface area contributed by atoms with Crippen LogP contribution in [0.25, 0.3) is 0 Å². The van der Waals surface area contributed by atoms with Gasteiger partial charge in [0.2, 0.25) is 0 Å². The third-order valence-electron chi connectivity index (χ3n) is 5.27. The molecule has 162 valence electrons. The fraction of sp³-hybridized carbons (Fsp3) is 0.333. The van der Waals surface area contributed by atoms with Crippen LogP contribution in [0.4, 0.5) is 5.69 Å². The smallest absolute Gasteiger partial charge is 0.306 e. The number of nitrogens with zero attached hydrogens (tertiary/aromatic N) is 1. The molecule has 2 aromatic rings. The number of carbonyl (C=O) groups is 4. The number of benzene rings is 2. The number of fused-ring (bicyclic) bond motifs is 1. The summed E-state index contributed by atoms with van der Waals surface area (Å²) in [5.41, 5.74) is 3.59. The molecule has 0 unspecified atom stereocenters. The van der Waals surface area contributed by atoms with Crippen LogP contribution in [0, 0.1) is 0 Å². The molecule has 0 fully saturated rings. The Bertz CT molecular complexity index is 958. The number of anilines is 1. The molecule has 2 aromatic carbocycles. The van der Waals surface area contributed by atoms with Gasteiger partial charge in [0, 0.05) is 18.7 Å². The lowest BCUT2D eigenvalue weighted by Gasteiger charge is -2.15. The van der Waals surface area contributed by atoms with Gasteiger partial charge in [-0.2, -0.15) is 0 Å². The standard InChI is InChI=1S/C24H26N2O5/c1-3-16-9-7-10-17(4-2)22(16)25-20(27)15-31-21(28)13-8-14-26-23(29)18-11-5-6-12-19(18)24(26)30/h5-7,9-12H,3-4,8,13-15H2,1-2H3,(H,25,27). The molecule has 1 N–H and O–H groups in total. The first-order valence-electron chi connectivity index (χ1n) is 10.5. The summed E-state index contributed by atoms with van der Waals surface area (Å²) in [6.07, 6.45) is 1.83. The summed E-state index contributed by atoms with van der Waals surface area (Å²) in [5.74, 6) is -1.65. The van der Waals surface area contributed by atoms with Gasteiger partial charge in [-0.15, -0.1) is 0 Å². The van der Waals surface area contributed by atoms with Gasteiger partial charge in [0.15, 0.2) is 6.61 Å². The number of imide groups is 1. The second kappa shape index (κ2) is 10.0. The lowest BCUT2D eigenvalue weighted by atomic mass is 10.0. The quantitative estimate of drug-likeness (QED) is 0.494. The van der Waals surface area contributed by atoms with Crippen molar-refractivity contribution in [1.82, 2.24) is 4.90 Å². The third kappa shape index (κ3) is 4.99. The molecule has 0 aliphatic carbocycles. The highest BCUT2D eigenvalue weighted by atomic mass is 16.5. The first-order valence-corrected chi connectivity index (χ1v) is 10.5. The summed E-state index contributed by atoms with van der Waals surface area (Å²) in [4.78, 5) is 50.0. The van der Waals surface area contributed by atoms with Gasteiger partial charge in [0.25, 0.3) is 17.7 Å². The van der Waals surface area contributed by atoms with Crippen molar-refractivity contribution in [3.8, 4) is 0 Å². The van der Waals surface area contributed by atoms with E-state index >= 15 is 0 Å². The van der Waals surface area contributed by atoms with E-state index in [2.05, 4.69) is 5.32 Å². The minimum absolute atomic E-state index is 0.00639. The summed E-state index contributed by atoms with van der Waals surface area (Å²) in [6, 6.07) is 12.5. The van der Waals surface area contributed by atoms with Gasteiger partial charge in [-0.3, -0.25) is 24.1 Å². The van der Waals surface area contributed by atoms with E-state index in [9.17, 15) is 19.2 Å². The number of amides is 3. The van der Waals surface area contributed by atoms with E-state index in [4.69, 9.17) is 4.74 Å². The minimum atomic E-state index is -0.550. The molecule has 0 saturated heterocycles. The lowest BCUT2D eigenvalue weighted by molar-refractivity contribution is -0.147. The van der Waals surface area contributed by atoms with Crippen LogP contribution in [0.5, 0.6) is 0 Å². The van der Waals surface area contributed by atoms with Crippen molar-refractivity contribution in [3.05, 3.63) is 64.7 Å². The van der Waals surface area contributed by atoms with E-state index in [0.29, 0.717) is 11.1 Å². The molecule has 1 aliphatic rings. The molecule has 0 bridgehead atoms. The number of hydrogen-bond acceptors (Lipinski definition) is 5. The van der Waals surface area contributed by atoms with E-state index in [1.165, 1.54) is 0 Å². The van der Waals surface area contributed by atoms with Crippen molar-refractivity contribution in [2.75, 3.05) is 18.5 Å². The van der Waals surface area contributed by atoms with Crippen LogP contribution >= 0.6 is 0 Å². The number of rotatable bonds is 9. The number of aryl methyl sites for hydroxylation is 2. The van der Waals surface area contributed by atoms with Crippen LogP contribution in [0.3, 0.4) is 0 Å². The first-order chi connectivity index (χ1) is 15.0. The molecule has 7 heteroatoms. The molecule has 3 amide bonds. The van der Waals surface area contributed by atoms with Gasteiger partial charge < -0.3 is 10.1 Å². The maximum absolute atomic E-state index is 12.3. The second-order valence-electron chi connectivity index (χ2n) is 7.28. The van der Waals surface area contributed by atoms with Crippen molar-refractivity contribution in [3.63, 3.8) is 0 Å². The molecule has 0 spiro atoms. The summed E-state index contributed by atoms with van der Waals surface area (Å²) in [5, 5.41) is 2.85. The van der Waals surface area contributed by atoms with Crippen LogP contribution < -0.4 is 5.32 Å². The monoisotopic (exact) mass is 422 g/mol. The Morgan fingerprint density at radius 2 is 1.48 bits per heavy atom. The second-order valence-corrected chi connectivity index (χ2v) is 7.28. The van der Waals surface area contributed by atoms with Crippen molar-refractivity contribution >= 4 is 29.4 Å². The summed E-state index contributed by atoms with van der Waals surface area (Å²) in [7, 11) is 0. The number of hydrogen-bond donors (Lipinski definition) is 1. The summed E-state index contributed by atoms with van der Waals surface area (Å²) < 4.78 is 5.06. The van der Waals surface area contributed by atoms with E-state index in [1.807, 2.05) is 32.0 Å². The van der Waals surface area contributed by atoms with Crippen LogP contribution in [0.1, 0.15) is 58.5 Å². The molecular formula is C24H26N2O5. The Hall–Kier alpha value is -3.48. The number of ether oxygens (including phenoxy) is 1. The topological polar surface area (TPSA) is 92.8 Å². The zero-order chi connectivity index (χ0) is 22.4. The third-order valence-corrected chi connectivity index (χ3v) is 5.27. The predicted octanol–water partition coefficient (Wildman–Crippen LogP) is 3.37. The molecular weight excluding hydrogens is 396 g/mol. The molecule has 0 radical (unpaired) electrons. The van der Waals surface area contributed by atoms with E-state index in [-0.39, 0.29) is 37.8 Å². The van der Waals surface area contributed by atoms with Gasteiger partial charge in [-0.1, -0.05) is 44.2 Å². The molecule has 1 aliphatic heterocycles. The Morgan fingerprint density at radius 1 is 0.903 bits per heavy atom. The fourth-order valence-electron chi connectivity index (χ4n) is 3.62. The normalized spacial score (nSPS) is 12.6. The van der Waals surface area contributed by atoms with Crippen molar-refractivity contribution in [2.24, 2.45) is 0 Å². The lowest BCUT2D eigenvalue weighted by Crippen LogP contribution is -2.31. The average Bonchev–Trinajstić information content (AvgIpc) is 3.03. The molecule has 7 nitrogen and oxygen atoms in total.